The molecule has 1 saturated carbocycles. The Hall–Kier alpha value is -0.380. The highest BCUT2D eigenvalue weighted by molar-refractivity contribution is 7.11. The van der Waals surface area contributed by atoms with Gasteiger partial charge in [0.2, 0.25) is 0 Å². The third kappa shape index (κ3) is 3.52. The summed E-state index contributed by atoms with van der Waals surface area (Å²) in [6.45, 7) is 10.6. The van der Waals surface area contributed by atoms with Gasteiger partial charge in [-0.2, -0.15) is 0 Å². The van der Waals surface area contributed by atoms with Gasteiger partial charge in [0.15, 0.2) is 0 Å². The molecule has 0 spiro atoms. The van der Waals surface area contributed by atoms with Crippen molar-refractivity contribution in [2.24, 2.45) is 5.92 Å². The van der Waals surface area contributed by atoms with Crippen LogP contribution in [0.25, 0.3) is 0 Å². The van der Waals surface area contributed by atoms with Crippen LogP contribution in [0.3, 0.4) is 0 Å². The van der Waals surface area contributed by atoms with Crippen LogP contribution in [0.5, 0.6) is 0 Å². The summed E-state index contributed by atoms with van der Waals surface area (Å²) in [5.74, 6) is 0.914. The minimum Gasteiger partial charge on any atom is -0.308 e. The lowest BCUT2D eigenvalue weighted by atomic mass is 9.90. The van der Waals surface area contributed by atoms with E-state index in [1.165, 1.54) is 50.1 Å². The summed E-state index contributed by atoms with van der Waals surface area (Å²) in [7, 11) is 0. The summed E-state index contributed by atoms with van der Waals surface area (Å²) < 4.78 is 0. The predicted octanol–water partition coefficient (Wildman–Crippen LogP) is 4.05. The van der Waals surface area contributed by atoms with Gasteiger partial charge in [0.1, 0.15) is 0 Å². The molecule has 2 heterocycles. The molecule has 0 aromatic carbocycles. The maximum atomic E-state index is 3.89. The van der Waals surface area contributed by atoms with Crippen LogP contribution < -0.4 is 5.32 Å². The first-order chi connectivity index (χ1) is 10.1. The number of nitrogens with one attached hydrogen (secondary N) is 1. The van der Waals surface area contributed by atoms with E-state index in [2.05, 4.69) is 43.1 Å². The quantitative estimate of drug-likeness (QED) is 0.853. The molecule has 0 radical (unpaired) electrons. The fourth-order valence-corrected chi connectivity index (χ4v) is 4.76. The van der Waals surface area contributed by atoms with Crippen molar-refractivity contribution in [2.75, 3.05) is 13.1 Å². The maximum Gasteiger partial charge on any atom is 0.0332 e. The van der Waals surface area contributed by atoms with Crippen LogP contribution in [0.4, 0.5) is 0 Å². The second kappa shape index (κ2) is 6.39. The molecule has 2 fully saturated rings. The molecule has 1 aromatic heterocycles. The van der Waals surface area contributed by atoms with E-state index in [-0.39, 0.29) is 0 Å². The molecule has 118 valence electrons. The van der Waals surface area contributed by atoms with Gasteiger partial charge in [0, 0.05) is 41.0 Å². The monoisotopic (exact) mass is 306 g/mol. The Morgan fingerprint density at radius 2 is 2.05 bits per heavy atom. The summed E-state index contributed by atoms with van der Waals surface area (Å²) in [6, 6.07) is 5.38. The minimum atomic E-state index is 0.356. The van der Waals surface area contributed by atoms with Crippen LogP contribution in [0, 0.1) is 5.92 Å². The van der Waals surface area contributed by atoms with E-state index in [9.17, 15) is 0 Å². The van der Waals surface area contributed by atoms with Crippen molar-refractivity contribution in [1.29, 1.82) is 0 Å². The largest absolute Gasteiger partial charge is 0.308 e. The lowest BCUT2D eigenvalue weighted by molar-refractivity contribution is 0.0647. The number of piperazine rings is 1. The van der Waals surface area contributed by atoms with Crippen LogP contribution in [-0.4, -0.2) is 29.6 Å². The number of nitrogens with zero attached hydrogens (tertiary/aromatic N) is 1. The molecule has 3 rings (SSSR count). The molecule has 2 nitrogen and oxygen atoms in total. The zero-order chi connectivity index (χ0) is 14.9. The Balaban J connectivity index is 1.70. The number of hydrogen-bond donors (Lipinski definition) is 1. The normalized spacial score (nSPS) is 30.7. The van der Waals surface area contributed by atoms with Gasteiger partial charge in [-0.05, 0) is 50.7 Å². The maximum absolute atomic E-state index is 3.89. The summed E-state index contributed by atoms with van der Waals surface area (Å²) in [5, 5.41) is 3.89. The van der Waals surface area contributed by atoms with E-state index in [0.717, 1.165) is 12.5 Å². The van der Waals surface area contributed by atoms with Gasteiger partial charge >= 0.3 is 0 Å². The van der Waals surface area contributed by atoms with Crippen LogP contribution in [0.15, 0.2) is 12.1 Å². The first-order valence-electron chi connectivity index (χ1n) is 8.71. The third-order valence-corrected chi connectivity index (χ3v) is 6.53. The molecule has 2 aliphatic rings. The Morgan fingerprint density at radius 3 is 2.67 bits per heavy atom. The molecule has 1 aliphatic carbocycles. The Morgan fingerprint density at radius 1 is 1.29 bits per heavy atom. The molecule has 0 bridgehead atoms. The van der Waals surface area contributed by atoms with Crippen molar-refractivity contribution in [3.63, 3.8) is 0 Å². The predicted molar refractivity (Wildman–Crippen MR) is 91.9 cm³/mol. The van der Waals surface area contributed by atoms with E-state index >= 15 is 0 Å². The second-order valence-corrected chi connectivity index (χ2v) is 8.39. The highest BCUT2D eigenvalue weighted by Crippen LogP contribution is 2.42. The van der Waals surface area contributed by atoms with Gasteiger partial charge in [0.25, 0.3) is 0 Å². The van der Waals surface area contributed by atoms with Gasteiger partial charge in [-0.15, -0.1) is 11.3 Å². The zero-order valence-corrected chi connectivity index (χ0v) is 14.6. The number of aryl methyl sites for hydroxylation is 1. The van der Waals surface area contributed by atoms with Crippen molar-refractivity contribution >= 4 is 11.3 Å². The van der Waals surface area contributed by atoms with Crippen molar-refractivity contribution in [1.82, 2.24) is 10.2 Å². The Kier molecular flexibility index (Phi) is 4.72. The fourth-order valence-electron chi connectivity index (χ4n) is 3.78. The molecular weight excluding hydrogens is 276 g/mol. The van der Waals surface area contributed by atoms with Gasteiger partial charge in [-0.1, -0.05) is 20.3 Å². The number of thiophene rings is 1. The van der Waals surface area contributed by atoms with Gasteiger partial charge < -0.3 is 5.32 Å². The molecule has 2 unspecified atom stereocenters. The van der Waals surface area contributed by atoms with Crippen molar-refractivity contribution < 1.29 is 0 Å². The highest BCUT2D eigenvalue weighted by atomic mass is 32.1. The van der Waals surface area contributed by atoms with E-state index < -0.39 is 0 Å². The average molecular weight is 307 g/mol. The van der Waals surface area contributed by atoms with Crippen LogP contribution in [0.1, 0.15) is 56.2 Å². The molecule has 3 heteroatoms. The lowest BCUT2D eigenvalue weighted by Crippen LogP contribution is -2.63. The molecule has 1 N–H and O–H groups in total. The summed E-state index contributed by atoms with van der Waals surface area (Å²) in [6.07, 6.45) is 6.63. The second-order valence-electron chi connectivity index (χ2n) is 7.14. The minimum absolute atomic E-state index is 0.356. The summed E-state index contributed by atoms with van der Waals surface area (Å²) in [5.41, 5.74) is 0.356. The number of hydrogen-bond acceptors (Lipinski definition) is 3. The summed E-state index contributed by atoms with van der Waals surface area (Å²) in [4.78, 5) is 5.84. The van der Waals surface area contributed by atoms with Crippen molar-refractivity contribution in [3.8, 4) is 0 Å². The first kappa shape index (κ1) is 15.5. The standard InChI is InChI=1S/C18H30N2S/c1-4-6-15-11-19-18(3,14-7-8-14)13-20(15)12-17-10-9-16(5-2)21-17/h9-10,14-15,19H,4-8,11-13H2,1-3H3. The van der Waals surface area contributed by atoms with E-state index in [0.29, 0.717) is 11.6 Å². The first-order valence-corrected chi connectivity index (χ1v) is 9.53. The molecule has 1 aliphatic heterocycles. The van der Waals surface area contributed by atoms with Gasteiger partial charge in [-0.25, -0.2) is 0 Å². The molecule has 21 heavy (non-hydrogen) atoms. The lowest BCUT2D eigenvalue weighted by Gasteiger charge is -2.46. The topological polar surface area (TPSA) is 15.3 Å². The Labute approximate surface area is 133 Å². The smallest absolute Gasteiger partial charge is 0.0332 e. The zero-order valence-electron chi connectivity index (χ0n) is 13.8. The molecule has 1 aromatic rings. The molecule has 0 amide bonds. The van der Waals surface area contributed by atoms with E-state index in [1.807, 2.05) is 11.3 Å². The van der Waals surface area contributed by atoms with Gasteiger partial charge in [0.05, 0.1) is 0 Å². The van der Waals surface area contributed by atoms with Crippen molar-refractivity contribution in [2.45, 2.75) is 71.0 Å². The molecule has 1 saturated heterocycles. The van der Waals surface area contributed by atoms with E-state index in [1.54, 1.807) is 4.88 Å². The van der Waals surface area contributed by atoms with Crippen LogP contribution in [0.2, 0.25) is 0 Å². The van der Waals surface area contributed by atoms with Crippen LogP contribution >= 0.6 is 11.3 Å². The molecular formula is C18H30N2S. The van der Waals surface area contributed by atoms with Crippen molar-refractivity contribution in [3.05, 3.63) is 21.9 Å². The fraction of sp³-hybridized carbons (Fsp3) is 0.778. The molecule has 2 atom stereocenters. The Bertz CT molecular complexity index is 466. The van der Waals surface area contributed by atoms with Crippen LogP contribution in [-0.2, 0) is 13.0 Å². The SMILES string of the molecule is CCCC1CNC(C)(C2CC2)CN1Cc1ccc(CC)s1. The van der Waals surface area contributed by atoms with E-state index in [4.69, 9.17) is 0 Å². The third-order valence-electron chi connectivity index (χ3n) is 5.31. The highest BCUT2D eigenvalue weighted by Gasteiger charge is 2.45. The number of rotatable bonds is 6. The average Bonchev–Trinajstić information content (AvgIpc) is 3.24. The summed E-state index contributed by atoms with van der Waals surface area (Å²) >= 11 is 2.01. The van der Waals surface area contributed by atoms with Gasteiger partial charge in [-0.3, -0.25) is 4.90 Å².